The van der Waals surface area contributed by atoms with Gasteiger partial charge in [0.1, 0.15) is 0 Å². The molecule has 0 unspecified atom stereocenters. The molecule has 1 aliphatic heterocycles. The van der Waals surface area contributed by atoms with E-state index in [1.54, 1.807) is 6.08 Å². The van der Waals surface area contributed by atoms with E-state index in [0.717, 1.165) is 38.0 Å². The van der Waals surface area contributed by atoms with Gasteiger partial charge in [-0.25, -0.2) is 0 Å². The molecule has 5 heteroatoms. The van der Waals surface area contributed by atoms with Gasteiger partial charge in [0.2, 0.25) is 5.91 Å². The van der Waals surface area contributed by atoms with Crippen LogP contribution in [0.5, 0.6) is 0 Å². The van der Waals surface area contributed by atoms with Gasteiger partial charge in [-0.05, 0) is 32.3 Å². The number of hydrogen-bond donors (Lipinski definition) is 0. The first-order chi connectivity index (χ1) is 12.5. The average molecular weight is 358 g/mol. The van der Waals surface area contributed by atoms with Crippen LogP contribution in [0, 0.1) is 0 Å². The molecule has 0 radical (unpaired) electrons. The van der Waals surface area contributed by atoms with Gasteiger partial charge in [-0.3, -0.25) is 14.5 Å². The lowest BCUT2D eigenvalue weighted by molar-refractivity contribution is -0.142. The Kier molecular flexibility index (Phi) is 7.85. The monoisotopic (exact) mass is 358 g/mol. The summed E-state index contributed by atoms with van der Waals surface area (Å²) in [6, 6.07) is 10.6. The highest BCUT2D eigenvalue weighted by Crippen LogP contribution is 2.20. The summed E-state index contributed by atoms with van der Waals surface area (Å²) in [7, 11) is 1.38. The van der Waals surface area contributed by atoms with Crippen LogP contribution in [-0.4, -0.2) is 54.5 Å². The molecule has 0 saturated carbocycles. The van der Waals surface area contributed by atoms with Crippen LogP contribution in [-0.2, 0) is 20.9 Å². The fourth-order valence-electron chi connectivity index (χ4n) is 3.35. The number of hydrogen-bond acceptors (Lipinski definition) is 4. The summed E-state index contributed by atoms with van der Waals surface area (Å²) in [6.07, 6.45) is 3.75. The molecule has 1 heterocycles. The van der Waals surface area contributed by atoms with Gasteiger partial charge in [0, 0.05) is 38.3 Å². The summed E-state index contributed by atoms with van der Waals surface area (Å²) >= 11 is 0. The maximum atomic E-state index is 12.6. The number of carbonyl (C=O) groups is 2. The van der Waals surface area contributed by atoms with Crippen LogP contribution in [0.15, 0.2) is 42.0 Å². The number of likely N-dealkylation sites (tertiary alicyclic amines) is 1. The van der Waals surface area contributed by atoms with E-state index < -0.39 is 0 Å². The van der Waals surface area contributed by atoms with E-state index in [0.29, 0.717) is 6.54 Å². The molecule has 2 rings (SSSR count). The summed E-state index contributed by atoms with van der Waals surface area (Å²) in [5.74, 6) is -0.281. The van der Waals surface area contributed by atoms with Gasteiger partial charge in [-0.2, -0.15) is 0 Å². The molecular formula is C21H30N2O3. The van der Waals surface area contributed by atoms with Crippen molar-refractivity contribution in [3.8, 4) is 0 Å². The third-order valence-corrected chi connectivity index (χ3v) is 4.73. The minimum atomic E-state index is -0.276. The Bertz CT molecular complexity index is 615. The fourth-order valence-corrected chi connectivity index (χ4v) is 3.35. The largest absolute Gasteiger partial charge is 0.469 e. The quantitative estimate of drug-likeness (QED) is 0.555. The van der Waals surface area contributed by atoms with Crippen molar-refractivity contribution < 1.29 is 14.3 Å². The number of benzene rings is 1. The van der Waals surface area contributed by atoms with Crippen LogP contribution in [0.4, 0.5) is 0 Å². The van der Waals surface area contributed by atoms with Crippen LogP contribution in [0.3, 0.4) is 0 Å². The standard InChI is InChI=1S/C21H30N2O3/c1-17(2)15-20(24)23(14-11-21(25)26-3)19-9-12-22(13-10-19)16-18-7-5-4-6-8-18/h4-8,15,19H,9-14,16H2,1-3H3. The summed E-state index contributed by atoms with van der Waals surface area (Å²) < 4.78 is 4.73. The predicted molar refractivity (Wildman–Crippen MR) is 103 cm³/mol. The Morgan fingerprint density at radius 3 is 2.42 bits per heavy atom. The van der Waals surface area contributed by atoms with E-state index in [9.17, 15) is 9.59 Å². The number of ether oxygens (including phenoxy) is 1. The number of nitrogens with zero attached hydrogens (tertiary/aromatic N) is 2. The van der Waals surface area contributed by atoms with E-state index >= 15 is 0 Å². The molecule has 1 fully saturated rings. The molecule has 1 aliphatic rings. The van der Waals surface area contributed by atoms with Crippen LogP contribution in [0.25, 0.3) is 0 Å². The van der Waals surface area contributed by atoms with E-state index in [1.165, 1.54) is 12.7 Å². The number of carbonyl (C=O) groups excluding carboxylic acids is 2. The van der Waals surface area contributed by atoms with Crippen molar-refractivity contribution in [1.82, 2.24) is 9.80 Å². The lowest BCUT2D eigenvalue weighted by Gasteiger charge is -2.38. The van der Waals surface area contributed by atoms with Crippen molar-refractivity contribution in [2.75, 3.05) is 26.7 Å². The van der Waals surface area contributed by atoms with Gasteiger partial charge in [-0.15, -0.1) is 0 Å². The lowest BCUT2D eigenvalue weighted by Crippen LogP contribution is -2.47. The molecule has 0 atom stereocenters. The number of allylic oxidation sites excluding steroid dienone is 1. The molecule has 1 amide bonds. The second-order valence-electron chi connectivity index (χ2n) is 7.07. The van der Waals surface area contributed by atoms with Crippen molar-refractivity contribution in [1.29, 1.82) is 0 Å². The van der Waals surface area contributed by atoms with Gasteiger partial charge >= 0.3 is 5.97 Å². The predicted octanol–water partition coefficient (Wildman–Crippen LogP) is 3.01. The van der Waals surface area contributed by atoms with E-state index in [4.69, 9.17) is 4.74 Å². The van der Waals surface area contributed by atoms with E-state index in [1.807, 2.05) is 24.8 Å². The lowest BCUT2D eigenvalue weighted by atomic mass is 10.0. The summed E-state index contributed by atoms with van der Waals surface area (Å²) in [5.41, 5.74) is 2.29. The summed E-state index contributed by atoms with van der Waals surface area (Å²) in [6.45, 7) is 7.10. The number of esters is 1. The summed E-state index contributed by atoms with van der Waals surface area (Å²) in [4.78, 5) is 28.4. The van der Waals surface area contributed by atoms with Crippen LogP contribution in [0.2, 0.25) is 0 Å². The zero-order valence-corrected chi connectivity index (χ0v) is 16.1. The minimum absolute atomic E-state index is 0.00425. The van der Waals surface area contributed by atoms with Crippen LogP contribution in [0.1, 0.15) is 38.7 Å². The highest BCUT2D eigenvalue weighted by molar-refractivity contribution is 5.88. The third-order valence-electron chi connectivity index (χ3n) is 4.73. The van der Waals surface area contributed by atoms with Gasteiger partial charge in [0.15, 0.2) is 0 Å². The Labute approximate surface area is 156 Å². The Balaban J connectivity index is 1.94. The van der Waals surface area contributed by atoms with Crippen LogP contribution >= 0.6 is 0 Å². The van der Waals surface area contributed by atoms with E-state index in [2.05, 4.69) is 29.2 Å². The molecule has 1 saturated heterocycles. The smallest absolute Gasteiger partial charge is 0.307 e. The van der Waals surface area contributed by atoms with Crippen molar-refractivity contribution in [2.24, 2.45) is 0 Å². The van der Waals surface area contributed by atoms with Crippen LogP contribution < -0.4 is 0 Å². The molecule has 0 bridgehead atoms. The normalized spacial score (nSPS) is 15.3. The first-order valence-corrected chi connectivity index (χ1v) is 9.28. The second-order valence-corrected chi connectivity index (χ2v) is 7.07. The number of amides is 1. The zero-order chi connectivity index (χ0) is 18.9. The van der Waals surface area contributed by atoms with Crippen molar-refractivity contribution in [3.63, 3.8) is 0 Å². The van der Waals surface area contributed by atoms with Gasteiger partial charge in [0.05, 0.1) is 13.5 Å². The molecule has 0 aromatic heterocycles. The number of rotatable bonds is 7. The molecule has 5 nitrogen and oxygen atoms in total. The van der Waals surface area contributed by atoms with E-state index in [-0.39, 0.29) is 24.3 Å². The molecule has 1 aromatic carbocycles. The Morgan fingerprint density at radius 1 is 1.19 bits per heavy atom. The highest BCUT2D eigenvalue weighted by atomic mass is 16.5. The van der Waals surface area contributed by atoms with Gasteiger partial charge < -0.3 is 9.64 Å². The first-order valence-electron chi connectivity index (χ1n) is 9.28. The molecule has 1 aromatic rings. The fraction of sp³-hybridized carbons (Fsp3) is 0.524. The van der Waals surface area contributed by atoms with Gasteiger partial charge in [-0.1, -0.05) is 35.9 Å². The Hall–Kier alpha value is -2.14. The van der Waals surface area contributed by atoms with Gasteiger partial charge in [0.25, 0.3) is 0 Å². The minimum Gasteiger partial charge on any atom is -0.469 e. The first kappa shape index (κ1) is 20.2. The topological polar surface area (TPSA) is 49.9 Å². The van der Waals surface area contributed by atoms with Crippen molar-refractivity contribution in [2.45, 2.75) is 45.7 Å². The van der Waals surface area contributed by atoms with Crippen molar-refractivity contribution >= 4 is 11.9 Å². The zero-order valence-electron chi connectivity index (χ0n) is 16.1. The molecule has 0 aliphatic carbocycles. The summed E-state index contributed by atoms with van der Waals surface area (Å²) in [5, 5.41) is 0. The average Bonchev–Trinajstić information content (AvgIpc) is 2.63. The molecule has 142 valence electrons. The second kappa shape index (κ2) is 10.1. The third kappa shape index (κ3) is 6.30. The SMILES string of the molecule is COC(=O)CCN(C(=O)C=C(C)C)C1CCN(Cc2ccccc2)CC1. The molecule has 26 heavy (non-hydrogen) atoms. The maximum Gasteiger partial charge on any atom is 0.307 e. The molecule has 0 spiro atoms. The molecule has 0 N–H and O–H groups in total. The maximum absolute atomic E-state index is 12.6. The Morgan fingerprint density at radius 2 is 1.85 bits per heavy atom. The molecular weight excluding hydrogens is 328 g/mol. The number of methoxy groups -OCH3 is 1. The number of piperidine rings is 1. The van der Waals surface area contributed by atoms with Crippen molar-refractivity contribution in [3.05, 3.63) is 47.5 Å². The highest BCUT2D eigenvalue weighted by Gasteiger charge is 2.27.